The van der Waals surface area contributed by atoms with Crippen LogP contribution in [0.5, 0.6) is 0 Å². The summed E-state index contributed by atoms with van der Waals surface area (Å²) in [6.45, 7) is 2.60. The Morgan fingerprint density at radius 3 is 2.61 bits per heavy atom. The standard InChI is InChI=1S/C12H19BrN2O2S/c1-2-3-4-5-8-15-18(16,17)10-6-7-12(14)11(13)9-10/h6-7,9,15H,2-5,8,14H2,1H3. The van der Waals surface area contributed by atoms with Crippen LogP contribution in [0.25, 0.3) is 0 Å². The average molecular weight is 335 g/mol. The van der Waals surface area contributed by atoms with E-state index in [0.717, 1.165) is 25.7 Å². The Hall–Kier alpha value is -0.590. The fraction of sp³-hybridized carbons (Fsp3) is 0.500. The van der Waals surface area contributed by atoms with Gasteiger partial charge in [-0.05, 0) is 40.5 Å². The summed E-state index contributed by atoms with van der Waals surface area (Å²) < 4.78 is 27.1. The van der Waals surface area contributed by atoms with Gasteiger partial charge in [0.25, 0.3) is 0 Å². The summed E-state index contributed by atoms with van der Waals surface area (Å²) >= 11 is 3.22. The van der Waals surface area contributed by atoms with Crippen molar-refractivity contribution in [3.8, 4) is 0 Å². The normalized spacial score (nSPS) is 11.7. The van der Waals surface area contributed by atoms with E-state index in [9.17, 15) is 8.42 Å². The number of unbranched alkanes of at least 4 members (excludes halogenated alkanes) is 3. The highest BCUT2D eigenvalue weighted by atomic mass is 79.9. The predicted molar refractivity (Wildman–Crippen MR) is 77.9 cm³/mol. The molecule has 0 aliphatic carbocycles. The first-order chi connectivity index (χ1) is 8.47. The van der Waals surface area contributed by atoms with Crippen molar-refractivity contribution in [1.29, 1.82) is 0 Å². The highest BCUT2D eigenvalue weighted by Gasteiger charge is 2.14. The molecule has 102 valence electrons. The van der Waals surface area contributed by atoms with Crippen LogP contribution in [0, 0.1) is 0 Å². The Bertz CT molecular complexity index is 489. The lowest BCUT2D eigenvalue weighted by Crippen LogP contribution is -2.24. The summed E-state index contributed by atoms with van der Waals surface area (Å²) in [6.07, 6.45) is 4.18. The van der Waals surface area contributed by atoms with Gasteiger partial charge in [0.2, 0.25) is 10.0 Å². The number of hydrogen-bond acceptors (Lipinski definition) is 3. The lowest BCUT2D eigenvalue weighted by Gasteiger charge is -2.07. The molecule has 0 aliphatic heterocycles. The monoisotopic (exact) mass is 334 g/mol. The van der Waals surface area contributed by atoms with Gasteiger partial charge in [0, 0.05) is 16.7 Å². The zero-order valence-corrected chi connectivity index (χ0v) is 12.9. The summed E-state index contributed by atoms with van der Waals surface area (Å²) in [4.78, 5) is 0.235. The molecule has 0 aromatic heterocycles. The van der Waals surface area contributed by atoms with E-state index in [0.29, 0.717) is 16.7 Å². The Kier molecular flexibility index (Phi) is 6.11. The number of sulfonamides is 1. The first-order valence-electron chi connectivity index (χ1n) is 6.02. The van der Waals surface area contributed by atoms with Crippen LogP contribution >= 0.6 is 15.9 Å². The number of rotatable bonds is 7. The van der Waals surface area contributed by atoms with E-state index in [1.54, 1.807) is 6.07 Å². The van der Waals surface area contributed by atoms with Gasteiger partial charge in [0.15, 0.2) is 0 Å². The lowest BCUT2D eigenvalue weighted by atomic mass is 10.2. The topological polar surface area (TPSA) is 72.2 Å². The van der Waals surface area contributed by atoms with Crippen molar-refractivity contribution in [3.05, 3.63) is 22.7 Å². The van der Waals surface area contributed by atoms with Crippen molar-refractivity contribution in [2.75, 3.05) is 12.3 Å². The molecule has 0 atom stereocenters. The van der Waals surface area contributed by atoms with E-state index in [4.69, 9.17) is 5.73 Å². The minimum absolute atomic E-state index is 0.235. The smallest absolute Gasteiger partial charge is 0.240 e. The zero-order chi connectivity index (χ0) is 13.6. The number of halogens is 1. The van der Waals surface area contributed by atoms with Gasteiger partial charge >= 0.3 is 0 Å². The number of nitrogen functional groups attached to an aromatic ring is 1. The van der Waals surface area contributed by atoms with Gasteiger partial charge in [-0.15, -0.1) is 0 Å². The molecule has 6 heteroatoms. The number of hydrogen-bond donors (Lipinski definition) is 2. The van der Waals surface area contributed by atoms with Gasteiger partial charge in [-0.3, -0.25) is 0 Å². The predicted octanol–water partition coefficient (Wildman–Crippen LogP) is 2.89. The second-order valence-corrected chi connectivity index (χ2v) is 6.76. The SMILES string of the molecule is CCCCCCNS(=O)(=O)c1ccc(N)c(Br)c1. The van der Waals surface area contributed by atoms with Crippen LogP contribution in [-0.2, 0) is 10.0 Å². The van der Waals surface area contributed by atoms with Crippen LogP contribution in [0.15, 0.2) is 27.6 Å². The lowest BCUT2D eigenvalue weighted by molar-refractivity contribution is 0.573. The van der Waals surface area contributed by atoms with Crippen LogP contribution in [0.2, 0.25) is 0 Å². The molecule has 1 rings (SSSR count). The third kappa shape index (κ3) is 4.59. The molecule has 4 nitrogen and oxygen atoms in total. The van der Waals surface area contributed by atoms with Gasteiger partial charge in [0.1, 0.15) is 0 Å². The molecule has 0 saturated heterocycles. The highest BCUT2D eigenvalue weighted by Crippen LogP contribution is 2.22. The number of anilines is 1. The van der Waals surface area contributed by atoms with Crippen molar-refractivity contribution >= 4 is 31.6 Å². The summed E-state index contributed by atoms with van der Waals surface area (Å²) in [7, 11) is -3.42. The quantitative estimate of drug-likeness (QED) is 0.594. The maximum Gasteiger partial charge on any atom is 0.240 e. The Morgan fingerprint density at radius 2 is 2.00 bits per heavy atom. The Labute approximate surface area is 117 Å². The maximum absolute atomic E-state index is 12.0. The average Bonchev–Trinajstić information content (AvgIpc) is 2.32. The van der Waals surface area contributed by atoms with Crippen LogP contribution < -0.4 is 10.5 Å². The molecule has 1 aromatic carbocycles. The van der Waals surface area contributed by atoms with Crippen LogP contribution in [-0.4, -0.2) is 15.0 Å². The highest BCUT2D eigenvalue weighted by molar-refractivity contribution is 9.10. The Balaban J connectivity index is 2.60. The van der Waals surface area contributed by atoms with Crippen LogP contribution in [0.3, 0.4) is 0 Å². The number of benzene rings is 1. The molecule has 0 unspecified atom stereocenters. The second kappa shape index (κ2) is 7.11. The summed E-state index contributed by atoms with van der Waals surface area (Å²) in [6, 6.07) is 4.61. The van der Waals surface area contributed by atoms with Gasteiger partial charge in [-0.1, -0.05) is 26.2 Å². The number of nitrogens with two attached hydrogens (primary N) is 1. The molecule has 0 bridgehead atoms. The fourth-order valence-corrected chi connectivity index (χ4v) is 3.15. The van der Waals surface area contributed by atoms with E-state index >= 15 is 0 Å². The van der Waals surface area contributed by atoms with Gasteiger partial charge in [0.05, 0.1) is 4.90 Å². The van der Waals surface area contributed by atoms with E-state index in [1.165, 1.54) is 12.1 Å². The van der Waals surface area contributed by atoms with Crippen molar-refractivity contribution in [3.63, 3.8) is 0 Å². The van der Waals surface area contributed by atoms with Gasteiger partial charge in [-0.2, -0.15) is 0 Å². The molecule has 0 heterocycles. The fourth-order valence-electron chi connectivity index (χ4n) is 1.52. The maximum atomic E-state index is 12.0. The third-order valence-corrected chi connectivity index (χ3v) is 4.75. The second-order valence-electron chi connectivity index (χ2n) is 4.14. The molecule has 3 N–H and O–H groups in total. The number of nitrogens with one attached hydrogen (secondary N) is 1. The largest absolute Gasteiger partial charge is 0.398 e. The molecule has 0 radical (unpaired) electrons. The van der Waals surface area contributed by atoms with Crippen molar-refractivity contribution in [1.82, 2.24) is 4.72 Å². The first-order valence-corrected chi connectivity index (χ1v) is 8.29. The van der Waals surface area contributed by atoms with Crippen molar-refractivity contribution < 1.29 is 8.42 Å². The minimum Gasteiger partial charge on any atom is -0.398 e. The molecule has 0 spiro atoms. The zero-order valence-electron chi connectivity index (χ0n) is 10.4. The summed E-state index contributed by atoms with van der Waals surface area (Å²) in [5, 5.41) is 0. The molecular weight excluding hydrogens is 316 g/mol. The van der Waals surface area contributed by atoms with Gasteiger partial charge in [-0.25, -0.2) is 13.1 Å². The van der Waals surface area contributed by atoms with Crippen molar-refractivity contribution in [2.24, 2.45) is 0 Å². The summed E-state index contributed by atoms with van der Waals surface area (Å²) in [5.41, 5.74) is 6.15. The van der Waals surface area contributed by atoms with E-state index in [2.05, 4.69) is 27.6 Å². The first kappa shape index (κ1) is 15.5. The third-order valence-electron chi connectivity index (χ3n) is 2.60. The molecule has 0 fully saturated rings. The molecule has 0 aliphatic rings. The molecular formula is C12H19BrN2O2S. The van der Waals surface area contributed by atoms with E-state index in [-0.39, 0.29) is 4.90 Å². The molecule has 1 aromatic rings. The Morgan fingerprint density at radius 1 is 1.28 bits per heavy atom. The summed E-state index contributed by atoms with van der Waals surface area (Å²) in [5.74, 6) is 0. The molecule has 0 amide bonds. The molecule has 0 saturated carbocycles. The van der Waals surface area contributed by atoms with Crippen molar-refractivity contribution in [2.45, 2.75) is 37.5 Å². The van der Waals surface area contributed by atoms with Crippen LogP contribution in [0.4, 0.5) is 5.69 Å². The van der Waals surface area contributed by atoms with E-state index in [1.807, 2.05) is 0 Å². The van der Waals surface area contributed by atoms with Crippen LogP contribution in [0.1, 0.15) is 32.6 Å². The van der Waals surface area contributed by atoms with Gasteiger partial charge < -0.3 is 5.73 Å². The van der Waals surface area contributed by atoms with E-state index < -0.39 is 10.0 Å². The molecule has 18 heavy (non-hydrogen) atoms. The minimum atomic E-state index is -3.42.